The molecular formula is C19H19NO3S. The van der Waals surface area contributed by atoms with Crippen LogP contribution in [0.3, 0.4) is 0 Å². The average Bonchev–Trinajstić information content (AvgIpc) is 3.10. The number of rotatable bonds is 6. The second kappa shape index (κ2) is 7.36. The van der Waals surface area contributed by atoms with Gasteiger partial charge in [-0.05, 0) is 42.5 Å². The maximum absolute atomic E-state index is 5.44. The van der Waals surface area contributed by atoms with Crippen LogP contribution in [-0.4, -0.2) is 26.3 Å². The molecule has 0 saturated heterocycles. The molecule has 0 bridgehead atoms. The summed E-state index contributed by atoms with van der Waals surface area (Å²) in [6.07, 6.45) is 0.710. The van der Waals surface area contributed by atoms with Crippen molar-refractivity contribution in [3.05, 3.63) is 58.4 Å². The Bertz CT molecular complexity index is 812. The van der Waals surface area contributed by atoms with Gasteiger partial charge < -0.3 is 14.2 Å². The summed E-state index contributed by atoms with van der Waals surface area (Å²) in [5.74, 6) is 2.50. The van der Waals surface area contributed by atoms with Crippen LogP contribution in [0.25, 0.3) is 11.3 Å². The molecule has 124 valence electrons. The number of benzene rings is 2. The van der Waals surface area contributed by atoms with Crippen molar-refractivity contribution in [1.82, 2.24) is 4.98 Å². The Morgan fingerprint density at radius 2 is 1.58 bits per heavy atom. The molecule has 0 aliphatic carbocycles. The molecule has 0 aliphatic heterocycles. The second-order valence-corrected chi connectivity index (χ2v) is 6.15. The summed E-state index contributed by atoms with van der Waals surface area (Å²) in [7, 11) is 5.00. The zero-order valence-corrected chi connectivity index (χ0v) is 14.7. The third-order valence-electron chi connectivity index (χ3n) is 3.77. The second-order valence-electron chi connectivity index (χ2n) is 5.21. The minimum atomic E-state index is 0.710. The van der Waals surface area contributed by atoms with Crippen molar-refractivity contribution in [2.75, 3.05) is 21.3 Å². The lowest BCUT2D eigenvalue weighted by Gasteiger charge is -2.09. The van der Waals surface area contributed by atoms with Gasteiger partial charge in [0.25, 0.3) is 0 Å². The summed E-state index contributed by atoms with van der Waals surface area (Å²) >= 11 is 1.64. The van der Waals surface area contributed by atoms with Crippen LogP contribution in [0.5, 0.6) is 17.2 Å². The van der Waals surface area contributed by atoms with Crippen LogP contribution in [0.4, 0.5) is 0 Å². The van der Waals surface area contributed by atoms with Gasteiger partial charge in [-0.25, -0.2) is 4.98 Å². The van der Waals surface area contributed by atoms with E-state index in [0.29, 0.717) is 6.42 Å². The fourth-order valence-electron chi connectivity index (χ4n) is 2.47. The Morgan fingerprint density at radius 1 is 0.875 bits per heavy atom. The lowest BCUT2D eigenvalue weighted by atomic mass is 10.1. The third kappa shape index (κ3) is 3.51. The van der Waals surface area contributed by atoms with Crippen LogP contribution >= 0.6 is 11.3 Å². The number of thiazole rings is 1. The molecule has 0 fully saturated rings. The summed E-state index contributed by atoms with van der Waals surface area (Å²) in [6.45, 7) is 0. The zero-order chi connectivity index (χ0) is 16.9. The molecule has 0 N–H and O–H groups in total. The summed E-state index contributed by atoms with van der Waals surface area (Å²) < 4.78 is 15.9. The van der Waals surface area contributed by atoms with Crippen LogP contribution in [-0.2, 0) is 6.42 Å². The number of methoxy groups -OCH3 is 3. The standard InChI is InChI=1S/C19H19NO3S/c1-21-15-6-4-13(5-7-15)17-12-24-19(20-17)11-14-10-16(22-2)8-9-18(14)23-3/h4-10,12H,11H2,1-3H3. The van der Waals surface area contributed by atoms with Gasteiger partial charge in [0, 0.05) is 22.9 Å². The van der Waals surface area contributed by atoms with Crippen molar-refractivity contribution in [3.8, 4) is 28.5 Å². The van der Waals surface area contributed by atoms with E-state index >= 15 is 0 Å². The molecule has 0 spiro atoms. The topological polar surface area (TPSA) is 40.6 Å². The zero-order valence-electron chi connectivity index (χ0n) is 13.9. The molecule has 3 rings (SSSR count). The highest BCUT2D eigenvalue weighted by Gasteiger charge is 2.10. The number of aromatic nitrogens is 1. The fraction of sp³-hybridized carbons (Fsp3) is 0.211. The average molecular weight is 341 g/mol. The molecule has 4 nitrogen and oxygen atoms in total. The highest BCUT2D eigenvalue weighted by Crippen LogP contribution is 2.29. The van der Waals surface area contributed by atoms with Crippen LogP contribution < -0.4 is 14.2 Å². The van der Waals surface area contributed by atoms with Crippen molar-refractivity contribution in [3.63, 3.8) is 0 Å². The highest BCUT2D eigenvalue weighted by molar-refractivity contribution is 7.10. The predicted octanol–water partition coefficient (Wildman–Crippen LogP) is 4.43. The van der Waals surface area contributed by atoms with Gasteiger partial charge in [-0.15, -0.1) is 11.3 Å². The van der Waals surface area contributed by atoms with Gasteiger partial charge in [-0.1, -0.05) is 0 Å². The van der Waals surface area contributed by atoms with Gasteiger partial charge in [0.2, 0.25) is 0 Å². The molecule has 24 heavy (non-hydrogen) atoms. The van der Waals surface area contributed by atoms with E-state index in [1.165, 1.54) is 0 Å². The van der Waals surface area contributed by atoms with Gasteiger partial charge in [0.15, 0.2) is 0 Å². The smallest absolute Gasteiger partial charge is 0.122 e. The van der Waals surface area contributed by atoms with E-state index in [1.54, 1.807) is 32.7 Å². The quantitative estimate of drug-likeness (QED) is 0.665. The Hall–Kier alpha value is -2.53. The largest absolute Gasteiger partial charge is 0.497 e. The van der Waals surface area contributed by atoms with Crippen LogP contribution in [0.1, 0.15) is 10.6 Å². The Morgan fingerprint density at radius 3 is 2.25 bits per heavy atom. The van der Waals surface area contributed by atoms with E-state index < -0.39 is 0 Å². The van der Waals surface area contributed by atoms with Crippen molar-refractivity contribution < 1.29 is 14.2 Å². The highest BCUT2D eigenvalue weighted by atomic mass is 32.1. The van der Waals surface area contributed by atoms with Crippen molar-refractivity contribution >= 4 is 11.3 Å². The minimum Gasteiger partial charge on any atom is -0.497 e. The van der Waals surface area contributed by atoms with Gasteiger partial charge in [0.05, 0.1) is 32.0 Å². The molecular weight excluding hydrogens is 322 g/mol. The summed E-state index contributed by atoms with van der Waals surface area (Å²) in [6, 6.07) is 13.7. The van der Waals surface area contributed by atoms with Crippen LogP contribution in [0.2, 0.25) is 0 Å². The van der Waals surface area contributed by atoms with Crippen molar-refractivity contribution in [2.45, 2.75) is 6.42 Å². The van der Waals surface area contributed by atoms with Crippen molar-refractivity contribution in [2.24, 2.45) is 0 Å². The molecule has 0 atom stereocenters. The molecule has 0 radical (unpaired) electrons. The van der Waals surface area contributed by atoms with Gasteiger partial charge in [-0.2, -0.15) is 0 Å². The maximum Gasteiger partial charge on any atom is 0.122 e. The van der Waals surface area contributed by atoms with Crippen LogP contribution in [0.15, 0.2) is 47.8 Å². The lowest BCUT2D eigenvalue weighted by molar-refractivity contribution is 0.399. The van der Waals surface area contributed by atoms with Gasteiger partial charge in [0.1, 0.15) is 17.2 Å². The Labute approximate surface area is 145 Å². The molecule has 1 heterocycles. The molecule has 3 aromatic rings. The van der Waals surface area contributed by atoms with Gasteiger partial charge in [-0.3, -0.25) is 0 Å². The molecule has 2 aromatic carbocycles. The third-order valence-corrected chi connectivity index (χ3v) is 4.62. The molecule has 5 heteroatoms. The maximum atomic E-state index is 5.44. The molecule has 0 amide bonds. The first-order valence-corrected chi connectivity index (χ1v) is 8.41. The predicted molar refractivity (Wildman–Crippen MR) is 96.5 cm³/mol. The van der Waals surface area contributed by atoms with Gasteiger partial charge >= 0.3 is 0 Å². The van der Waals surface area contributed by atoms with Crippen LogP contribution in [0, 0.1) is 0 Å². The van der Waals surface area contributed by atoms with E-state index in [1.807, 2.05) is 42.5 Å². The van der Waals surface area contributed by atoms with E-state index in [2.05, 4.69) is 5.38 Å². The summed E-state index contributed by atoms with van der Waals surface area (Å²) in [5, 5.41) is 3.11. The lowest BCUT2D eigenvalue weighted by Crippen LogP contribution is -1.95. The summed E-state index contributed by atoms with van der Waals surface area (Å²) in [4.78, 5) is 4.74. The Balaban J connectivity index is 1.83. The first-order valence-electron chi connectivity index (χ1n) is 7.53. The number of hydrogen-bond acceptors (Lipinski definition) is 5. The number of hydrogen-bond donors (Lipinski definition) is 0. The van der Waals surface area contributed by atoms with E-state index in [9.17, 15) is 0 Å². The monoisotopic (exact) mass is 341 g/mol. The Kier molecular flexibility index (Phi) is 5.01. The van der Waals surface area contributed by atoms with E-state index in [4.69, 9.17) is 19.2 Å². The molecule has 0 unspecified atom stereocenters. The first-order chi connectivity index (χ1) is 11.7. The molecule has 0 aliphatic rings. The van der Waals surface area contributed by atoms with E-state index in [-0.39, 0.29) is 0 Å². The number of nitrogens with zero attached hydrogens (tertiary/aromatic N) is 1. The molecule has 0 saturated carbocycles. The first kappa shape index (κ1) is 16.3. The summed E-state index contributed by atoms with van der Waals surface area (Å²) in [5.41, 5.74) is 3.11. The van der Waals surface area contributed by atoms with E-state index in [0.717, 1.165) is 39.1 Å². The minimum absolute atomic E-state index is 0.710. The normalized spacial score (nSPS) is 10.5. The molecule has 1 aromatic heterocycles. The number of ether oxygens (including phenoxy) is 3. The fourth-order valence-corrected chi connectivity index (χ4v) is 3.30. The van der Waals surface area contributed by atoms with Crippen molar-refractivity contribution in [1.29, 1.82) is 0 Å². The SMILES string of the molecule is COc1ccc(-c2csc(Cc3cc(OC)ccc3OC)n2)cc1.